The maximum absolute atomic E-state index is 13.9. The van der Waals surface area contributed by atoms with Crippen molar-refractivity contribution in [3.05, 3.63) is 45.2 Å². The molecule has 2 aromatic heterocycles. The summed E-state index contributed by atoms with van der Waals surface area (Å²) in [6, 6.07) is 7.81. The molecule has 1 amide bonds. The number of hydrogen-bond donors (Lipinski definition) is 1. The summed E-state index contributed by atoms with van der Waals surface area (Å²) in [6.07, 6.45) is 1.54. The average Bonchev–Trinajstić information content (AvgIpc) is 3.23. The molecule has 33 heavy (non-hydrogen) atoms. The number of anilines is 1. The van der Waals surface area contributed by atoms with Gasteiger partial charge in [0.05, 0.1) is 5.39 Å². The number of halogens is 2. The zero-order valence-electron chi connectivity index (χ0n) is 18.4. The first-order chi connectivity index (χ1) is 16.0. The highest BCUT2D eigenvalue weighted by molar-refractivity contribution is 9.10. The van der Waals surface area contributed by atoms with Crippen LogP contribution in [0.3, 0.4) is 0 Å². The summed E-state index contributed by atoms with van der Waals surface area (Å²) in [5.74, 6) is 1.01. The lowest BCUT2D eigenvalue weighted by Crippen LogP contribution is -2.54. The number of nitrogens with zero attached hydrogens (tertiary/aromatic N) is 7. The zero-order chi connectivity index (χ0) is 22.9. The summed E-state index contributed by atoms with van der Waals surface area (Å²) < 4.78 is 1.75. The van der Waals surface area contributed by atoms with Crippen molar-refractivity contribution in [3.8, 4) is 0 Å². The summed E-state index contributed by atoms with van der Waals surface area (Å²) in [7, 11) is 2.13. The van der Waals surface area contributed by atoms with E-state index in [4.69, 9.17) is 0 Å². The lowest BCUT2D eigenvalue weighted by molar-refractivity contribution is -0.138. The number of rotatable bonds is 4. The van der Waals surface area contributed by atoms with E-state index in [2.05, 4.69) is 79.8 Å². The number of fused-ring (bicyclic) bond motifs is 1. The molecule has 2 saturated heterocycles. The number of aromatic amines is 1. The van der Waals surface area contributed by atoms with Gasteiger partial charge in [0.15, 0.2) is 5.65 Å². The second kappa shape index (κ2) is 9.65. The van der Waals surface area contributed by atoms with Crippen LogP contribution in [0.5, 0.6) is 0 Å². The highest BCUT2D eigenvalue weighted by atomic mass is 79.9. The Morgan fingerprint density at radius 2 is 1.73 bits per heavy atom. The van der Waals surface area contributed by atoms with E-state index in [1.54, 1.807) is 6.33 Å². The fourth-order valence-electron chi connectivity index (χ4n) is 4.62. The molecule has 1 unspecified atom stereocenters. The molecule has 2 fully saturated rings. The van der Waals surface area contributed by atoms with Crippen LogP contribution in [0.15, 0.2) is 39.7 Å². The minimum Gasteiger partial charge on any atom is -0.352 e. The van der Waals surface area contributed by atoms with Gasteiger partial charge in [-0.15, -0.1) is 0 Å². The number of hydrogen-bond acceptors (Lipinski definition) is 7. The van der Waals surface area contributed by atoms with E-state index in [9.17, 15) is 4.79 Å². The number of carbonyl (C=O) groups is 1. The van der Waals surface area contributed by atoms with E-state index >= 15 is 0 Å². The first-order valence-corrected chi connectivity index (χ1v) is 12.7. The van der Waals surface area contributed by atoms with E-state index < -0.39 is 0 Å². The topological polar surface area (TPSA) is 84.5 Å². The second-order valence-corrected chi connectivity index (χ2v) is 10.2. The molecule has 1 N–H and O–H groups in total. The van der Waals surface area contributed by atoms with E-state index in [0.29, 0.717) is 31.8 Å². The molecule has 1 aromatic carbocycles. The third kappa shape index (κ3) is 4.51. The lowest BCUT2D eigenvalue weighted by Gasteiger charge is -2.42. The largest absolute Gasteiger partial charge is 0.352 e. The van der Waals surface area contributed by atoms with Crippen LogP contribution in [-0.2, 0) is 4.79 Å². The van der Waals surface area contributed by atoms with Crippen LogP contribution in [0, 0.1) is 0 Å². The summed E-state index contributed by atoms with van der Waals surface area (Å²) >= 11 is 7.21. The monoisotopic (exact) mass is 576 g/mol. The molecule has 4 heterocycles. The minimum absolute atomic E-state index is 0.170. The molecule has 0 radical (unpaired) electrons. The summed E-state index contributed by atoms with van der Waals surface area (Å²) in [5, 5.41) is 8.01. The molecule has 1 atom stereocenters. The number of likely N-dealkylation sites (N-methyl/N-ethyl adjacent to an activating group) is 1. The van der Waals surface area contributed by atoms with Crippen LogP contribution in [0.1, 0.15) is 11.6 Å². The molecule has 5 rings (SSSR count). The second-order valence-electron chi connectivity index (χ2n) is 8.51. The van der Waals surface area contributed by atoms with Gasteiger partial charge in [-0.2, -0.15) is 5.10 Å². The van der Waals surface area contributed by atoms with Gasteiger partial charge in [-0.1, -0.05) is 34.1 Å². The Balaban J connectivity index is 1.35. The van der Waals surface area contributed by atoms with Crippen molar-refractivity contribution in [1.82, 2.24) is 34.9 Å². The molecule has 2 aliphatic heterocycles. The van der Waals surface area contributed by atoms with Crippen molar-refractivity contribution in [3.63, 3.8) is 0 Å². The van der Waals surface area contributed by atoms with Crippen LogP contribution in [0.2, 0.25) is 0 Å². The molecule has 3 aromatic rings. The highest BCUT2D eigenvalue weighted by Crippen LogP contribution is 2.32. The van der Waals surface area contributed by atoms with Crippen LogP contribution in [0.25, 0.3) is 11.0 Å². The molecule has 0 spiro atoms. The smallest absolute Gasteiger partial charge is 0.244 e. The molecule has 174 valence electrons. The van der Waals surface area contributed by atoms with Crippen LogP contribution in [0.4, 0.5) is 5.82 Å². The van der Waals surface area contributed by atoms with Gasteiger partial charge in [0.25, 0.3) is 0 Å². The Labute approximate surface area is 209 Å². The molecular formula is C22H26Br2N8O. The van der Waals surface area contributed by atoms with Crippen molar-refractivity contribution in [2.75, 3.05) is 64.3 Å². The van der Waals surface area contributed by atoms with Gasteiger partial charge in [0.1, 0.15) is 22.8 Å². The number of amides is 1. The molecule has 11 heteroatoms. The van der Waals surface area contributed by atoms with E-state index in [-0.39, 0.29) is 11.9 Å². The summed E-state index contributed by atoms with van der Waals surface area (Å²) in [4.78, 5) is 31.5. The molecule has 2 aliphatic rings. The predicted octanol–water partition coefficient (Wildman–Crippen LogP) is 2.52. The molecule has 0 aliphatic carbocycles. The Hall–Kier alpha value is -2.08. The summed E-state index contributed by atoms with van der Waals surface area (Å²) in [5.41, 5.74) is 1.67. The quantitative estimate of drug-likeness (QED) is 0.510. The van der Waals surface area contributed by atoms with Gasteiger partial charge >= 0.3 is 0 Å². The SMILES string of the molecule is CN1CCN(C(C(=O)N2CCN(c3ncnc4n[nH]c(Br)c34)CC2)c2ccccc2Br)CC1. The van der Waals surface area contributed by atoms with Gasteiger partial charge in [-0.3, -0.25) is 14.8 Å². The number of aromatic nitrogens is 4. The zero-order valence-corrected chi connectivity index (χ0v) is 21.6. The molecule has 0 saturated carbocycles. The maximum Gasteiger partial charge on any atom is 0.244 e. The standard InChI is InChI=1S/C22H26Br2N8O/c1-29-6-8-30(9-7-29)18(15-4-2-3-5-16(15)23)22(33)32-12-10-31(11-13-32)21-17-19(24)27-28-20(17)25-14-26-21/h2-5,14,18H,6-13H2,1H3,(H,25,26,27,28). The fourth-order valence-corrected chi connectivity index (χ4v) is 5.57. The van der Waals surface area contributed by atoms with Crippen LogP contribution < -0.4 is 4.90 Å². The molecular weight excluding hydrogens is 552 g/mol. The lowest BCUT2D eigenvalue weighted by atomic mass is 10.0. The van der Waals surface area contributed by atoms with Gasteiger partial charge in [0, 0.05) is 56.8 Å². The van der Waals surface area contributed by atoms with Crippen molar-refractivity contribution >= 4 is 54.6 Å². The highest BCUT2D eigenvalue weighted by Gasteiger charge is 2.35. The Morgan fingerprint density at radius 1 is 1.00 bits per heavy atom. The third-order valence-corrected chi connectivity index (χ3v) is 7.81. The van der Waals surface area contributed by atoms with Gasteiger partial charge in [0.2, 0.25) is 5.91 Å². The molecule has 0 bridgehead atoms. The Kier molecular flexibility index (Phi) is 6.64. The predicted molar refractivity (Wildman–Crippen MR) is 134 cm³/mol. The number of piperazine rings is 2. The summed E-state index contributed by atoms with van der Waals surface area (Å²) in [6.45, 7) is 6.39. The Morgan fingerprint density at radius 3 is 2.45 bits per heavy atom. The van der Waals surface area contributed by atoms with E-state index in [1.165, 1.54) is 0 Å². The van der Waals surface area contributed by atoms with Crippen molar-refractivity contribution < 1.29 is 4.79 Å². The van der Waals surface area contributed by atoms with Crippen molar-refractivity contribution in [2.24, 2.45) is 0 Å². The third-order valence-electron chi connectivity index (χ3n) is 6.51. The number of carbonyl (C=O) groups excluding carboxylic acids is 1. The normalized spacial score (nSPS) is 19.2. The number of nitrogens with one attached hydrogen (secondary N) is 1. The van der Waals surface area contributed by atoms with Gasteiger partial charge < -0.3 is 14.7 Å². The van der Waals surface area contributed by atoms with Crippen LogP contribution in [-0.4, -0.2) is 100 Å². The minimum atomic E-state index is -0.283. The maximum atomic E-state index is 13.9. The van der Waals surface area contributed by atoms with E-state index in [1.807, 2.05) is 23.1 Å². The Bertz CT molecular complexity index is 1140. The van der Waals surface area contributed by atoms with E-state index in [0.717, 1.165) is 52.0 Å². The van der Waals surface area contributed by atoms with Crippen molar-refractivity contribution in [1.29, 1.82) is 0 Å². The van der Waals surface area contributed by atoms with Gasteiger partial charge in [-0.05, 0) is 34.6 Å². The molecule has 9 nitrogen and oxygen atoms in total. The fraction of sp³-hybridized carbons (Fsp3) is 0.455. The average molecular weight is 578 g/mol. The van der Waals surface area contributed by atoms with Crippen molar-refractivity contribution in [2.45, 2.75) is 6.04 Å². The first kappa shape index (κ1) is 22.7. The number of H-pyrrole nitrogens is 1. The van der Waals surface area contributed by atoms with Crippen LogP contribution >= 0.6 is 31.9 Å². The van der Waals surface area contributed by atoms with Gasteiger partial charge in [-0.25, -0.2) is 9.97 Å². The first-order valence-electron chi connectivity index (χ1n) is 11.1. The number of benzene rings is 1.